The minimum atomic E-state index is -4.45. The zero-order valence-corrected chi connectivity index (χ0v) is 7.42. The third-order valence-corrected chi connectivity index (χ3v) is 1.44. The SMILES string of the molecule is FC(F)(Br)C(F)(F)OI. The van der Waals surface area contributed by atoms with Gasteiger partial charge in [0, 0.05) is 15.9 Å². The second kappa shape index (κ2) is 2.87. The molecule has 0 atom stereocenters. The number of hydrogen-bond acceptors (Lipinski definition) is 1. The summed E-state index contributed by atoms with van der Waals surface area (Å²) in [5, 5.41) is 0. The van der Waals surface area contributed by atoms with Crippen LogP contribution in [-0.4, -0.2) is 10.9 Å². The molecule has 0 aromatic rings. The van der Waals surface area contributed by atoms with Crippen molar-refractivity contribution in [2.45, 2.75) is 10.9 Å². The van der Waals surface area contributed by atoms with Gasteiger partial charge in [-0.2, -0.15) is 17.6 Å². The Kier molecular flexibility index (Phi) is 3.15. The molecule has 1 nitrogen and oxygen atoms in total. The van der Waals surface area contributed by atoms with Crippen LogP contribution in [0.15, 0.2) is 0 Å². The van der Waals surface area contributed by atoms with Crippen molar-refractivity contribution >= 4 is 38.9 Å². The topological polar surface area (TPSA) is 9.23 Å². The van der Waals surface area contributed by atoms with Crippen LogP contribution in [0.25, 0.3) is 0 Å². The van der Waals surface area contributed by atoms with Crippen molar-refractivity contribution in [2.24, 2.45) is 0 Å². The van der Waals surface area contributed by atoms with Gasteiger partial charge in [-0.25, -0.2) is 3.07 Å². The Morgan fingerprint density at radius 3 is 1.56 bits per heavy atom. The first-order valence-corrected chi connectivity index (χ1v) is 3.23. The van der Waals surface area contributed by atoms with Gasteiger partial charge in [-0.1, -0.05) is 0 Å². The van der Waals surface area contributed by atoms with Crippen LogP contribution in [0, 0.1) is 0 Å². The maximum Gasteiger partial charge on any atom is 0.439 e. The van der Waals surface area contributed by atoms with Crippen LogP contribution in [0.1, 0.15) is 0 Å². The van der Waals surface area contributed by atoms with Crippen molar-refractivity contribution in [1.29, 1.82) is 0 Å². The van der Waals surface area contributed by atoms with Gasteiger partial charge in [0.25, 0.3) is 0 Å². The molecule has 0 unspecified atom stereocenters. The van der Waals surface area contributed by atoms with E-state index in [1.807, 2.05) is 0 Å². The molecule has 0 aromatic carbocycles. The quantitative estimate of drug-likeness (QED) is 0.431. The van der Waals surface area contributed by atoms with E-state index in [0.29, 0.717) is 23.0 Å². The van der Waals surface area contributed by atoms with E-state index in [1.54, 1.807) is 0 Å². The highest BCUT2D eigenvalue weighted by Crippen LogP contribution is 2.41. The first-order chi connectivity index (χ1) is 3.81. The molecule has 9 heavy (non-hydrogen) atoms. The standard InChI is InChI=1S/C2BrF4IO/c3-1(4,5)2(6,7)9-8. The Morgan fingerprint density at radius 2 is 1.56 bits per heavy atom. The van der Waals surface area contributed by atoms with Crippen LogP contribution in [0.2, 0.25) is 0 Å². The fourth-order valence-electron chi connectivity index (χ4n) is 0.0437. The molecule has 0 amide bonds. The van der Waals surface area contributed by atoms with Crippen LogP contribution in [0.4, 0.5) is 17.6 Å². The molecule has 0 bridgehead atoms. The summed E-state index contributed by atoms with van der Waals surface area (Å²) in [5.41, 5.74) is 0. The summed E-state index contributed by atoms with van der Waals surface area (Å²) in [7, 11) is 0. The molecular weight excluding hydrogens is 323 g/mol. The lowest BCUT2D eigenvalue weighted by Gasteiger charge is -2.16. The maximum absolute atomic E-state index is 11.6. The molecule has 0 saturated heterocycles. The van der Waals surface area contributed by atoms with Crippen molar-refractivity contribution in [1.82, 2.24) is 0 Å². The molecular formula is C2BrF4IO. The molecule has 0 radical (unpaired) electrons. The van der Waals surface area contributed by atoms with Crippen LogP contribution in [-0.2, 0) is 3.07 Å². The van der Waals surface area contributed by atoms with E-state index >= 15 is 0 Å². The van der Waals surface area contributed by atoms with E-state index in [4.69, 9.17) is 0 Å². The molecule has 0 aromatic heterocycles. The van der Waals surface area contributed by atoms with Crippen LogP contribution >= 0.6 is 38.9 Å². The van der Waals surface area contributed by atoms with Crippen molar-refractivity contribution in [3.63, 3.8) is 0 Å². The zero-order valence-electron chi connectivity index (χ0n) is 3.68. The summed E-state index contributed by atoms with van der Waals surface area (Å²) in [6.07, 6.45) is -4.45. The Bertz CT molecular complexity index is 101. The Balaban J connectivity index is 4.14. The third kappa shape index (κ3) is 2.54. The Hall–Kier alpha value is 0.890. The molecule has 0 N–H and O–H groups in total. The highest BCUT2D eigenvalue weighted by Gasteiger charge is 2.56. The molecule has 0 rings (SSSR count). The lowest BCUT2D eigenvalue weighted by Crippen LogP contribution is -2.34. The van der Waals surface area contributed by atoms with Gasteiger partial charge in [-0.15, -0.1) is 0 Å². The van der Waals surface area contributed by atoms with E-state index in [-0.39, 0.29) is 0 Å². The summed E-state index contributed by atoms with van der Waals surface area (Å²) in [5.74, 6) is 0. The number of hydrogen-bond donors (Lipinski definition) is 0. The van der Waals surface area contributed by atoms with Crippen molar-refractivity contribution in [3.05, 3.63) is 0 Å². The van der Waals surface area contributed by atoms with Gasteiger partial charge in [0.05, 0.1) is 0 Å². The second-order valence-corrected chi connectivity index (χ2v) is 2.53. The summed E-state index contributed by atoms with van der Waals surface area (Å²) in [4.78, 5) is -4.30. The van der Waals surface area contributed by atoms with Crippen LogP contribution in [0.5, 0.6) is 0 Å². The smallest absolute Gasteiger partial charge is 0.244 e. The Morgan fingerprint density at radius 1 is 1.22 bits per heavy atom. The van der Waals surface area contributed by atoms with Gasteiger partial charge in [0.1, 0.15) is 23.0 Å². The van der Waals surface area contributed by atoms with E-state index in [2.05, 4.69) is 3.07 Å². The number of alkyl halides is 5. The summed E-state index contributed by atoms with van der Waals surface area (Å²) in [6.45, 7) is 0. The molecule has 0 spiro atoms. The number of halogens is 6. The lowest BCUT2D eigenvalue weighted by molar-refractivity contribution is -0.248. The molecule has 0 aliphatic rings. The van der Waals surface area contributed by atoms with Crippen molar-refractivity contribution < 1.29 is 20.6 Å². The van der Waals surface area contributed by atoms with Crippen LogP contribution < -0.4 is 0 Å². The summed E-state index contributed by atoms with van der Waals surface area (Å²) < 4.78 is 49.5. The maximum atomic E-state index is 11.6. The Labute approximate surface area is 70.6 Å². The largest absolute Gasteiger partial charge is 0.439 e. The van der Waals surface area contributed by atoms with E-state index in [0.717, 1.165) is 0 Å². The first kappa shape index (κ1) is 9.89. The van der Waals surface area contributed by atoms with E-state index in [1.165, 1.54) is 15.9 Å². The van der Waals surface area contributed by atoms with Gasteiger partial charge < -0.3 is 0 Å². The molecule has 0 saturated carbocycles. The molecule has 7 heteroatoms. The van der Waals surface area contributed by atoms with Gasteiger partial charge in [0.2, 0.25) is 0 Å². The van der Waals surface area contributed by atoms with Crippen molar-refractivity contribution in [2.75, 3.05) is 0 Å². The third-order valence-electron chi connectivity index (χ3n) is 0.427. The van der Waals surface area contributed by atoms with Crippen LogP contribution in [0.3, 0.4) is 0 Å². The van der Waals surface area contributed by atoms with E-state index in [9.17, 15) is 17.6 Å². The highest BCUT2D eigenvalue weighted by atomic mass is 127. The molecule has 0 heterocycles. The predicted octanol–water partition coefficient (Wildman–Crippen LogP) is 2.93. The first-order valence-electron chi connectivity index (χ1n) is 1.55. The molecule has 0 fully saturated rings. The minimum Gasteiger partial charge on any atom is -0.244 e. The average molecular weight is 323 g/mol. The fourth-order valence-corrected chi connectivity index (χ4v) is 0.704. The summed E-state index contributed by atoms with van der Waals surface area (Å²) >= 11 is 2.14. The van der Waals surface area contributed by atoms with Gasteiger partial charge in [-0.05, 0) is 0 Å². The second-order valence-electron chi connectivity index (χ2n) is 1.09. The van der Waals surface area contributed by atoms with Gasteiger partial charge in [-0.3, -0.25) is 0 Å². The molecule has 0 aliphatic heterocycles. The number of rotatable bonds is 2. The average Bonchev–Trinajstić information content (AvgIpc) is 1.64. The molecule has 0 aliphatic carbocycles. The monoisotopic (exact) mass is 322 g/mol. The zero-order chi connectivity index (χ0) is 7.71. The van der Waals surface area contributed by atoms with Gasteiger partial charge in [0.15, 0.2) is 0 Å². The van der Waals surface area contributed by atoms with Gasteiger partial charge >= 0.3 is 10.9 Å². The lowest BCUT2D eigenvalue weighted by atomic mass is 10.7. The predicted molar refractivity (Wildman–Crippen MR) is 33.9 cm³/mol. The highest BCUT2D eigenvalue weighted by molar-refractivity contribution is 14.1. The molecule has 56 valence electrons. The fraction of sp³-hybridized carbons (Fsp3) is 1.00. The van der Waals surface area contributed by atoms with Crippen molar-refractivity contribution in [3.8, 4) is 0 Å². The van der Waals surface area contributed by atoms with E-state index < -0.39 is 10.9 Å². The normalized spacial score (nSPS) is 14.0. The minimum absolute atomic E-state index is 0.695. The summed E-state index contributed by atoms with van der Waals surface area (Å²) in [6, 6.07) is 0.